The number of aryl methyl sites for hydroxylation is 2. The summed E-state index contributed by atoms with van der Waals surface area (Å²) in [6.07, 6.45) is 3.13. The number of hydrogen-bond donors (Lipinski definition) is 0. The van der Waals surface area contributed by atoms with Crippen LogP contribution in [0, 0.1) is 25.8 Å². The zero-order chi connectivity index (χ0) is 43.3. The predicted octanol–water partition coefficient (Wildman–Crippen LogP) is 12.0. The van der Waals surface area contributed by atoms with Crippen molar-refractivity contribution in [1.29, 1.82) is 0 Å². The van der Waals surface area contributed by atoms with Gasteiger partial charge in [0.2, 0.25) is 0 Å². The van der Waals surface area contributed by atoms with Crippen molar-refractivity contribution in [2.75, 3.05) is 0 Å². The van der Waals surface area contributed by atoms with E-state index < -0.39 is 13.7 Å². The molecule has 0 fully saturated rings. The Balaban J connectivity index is 0.000000209. The molecule has 6 nitrogen and oxygen atoms in total. The Bertz CT molecular complexity index is 3280. The van der Waals surface area contributed by atoms with Crippen molar-refractivity contribution in [2.45, 2.75) is 13.7 Å². The average molecular weight is 929 g/mol. The van der Waals surface area contributed by atoms with Gasteiger partial charge >= 0.3 is 0 Å². The SMILES string of the molecule is [2H]C([2H])([2H])c1c[c-]c(-c2ccc(C([2H])([2H])[2H])cn2)cc1.[Ir].[c-]1c(-c2ccccn2)cc2c3ccc(-c4nc(-c5ccccc5)nc(-c5ccccc5)n4)cc3n3c4ccccc4c1c23. The summed E-state index contributed by atoms with van der Waals surface area (Å²) in [5.41, 5.74) is 9.70. The van der Waals surface area contributed by atoms with Crippen LogP contribution in [0.1, 0.15) is 19.4 Å². The average Bonchev–Trinajstić information content (AvgIpc) is 3.83. The molecule has 0 spiro atoms. The normalized spacial score (nSPS) is 13.1. The fraction of sp³-hybridized carbons (Fsp3) is 0.0392. The Labute approximate surface area is 358 Å². The van der Waals surface area contributed by atoms with Crippen LogP contribution >= 0.6 is 0 Å². The van der Waals surface area contributed by atoms with Crippen molar-refractivity contribution in [3.05, 3.63) is 193 Å². The topological polar surface area (TPSA) is 68.9 Å². The first kappa shape index (κ1) is 30.2. The van der Waals surface area contributed by atoms with Crippen molar-refractivity contribution in [3.8, 4) is 56.7 Å². The zero-order valence-corrected chi connectivity index (χ0v) is 33.1. The molecular formula is C51H34IrN6-2. The molecule has 0 atom stereocenters. The summed E-state index contributed by atoms with van der Waals surface area (Å²) in [4.78, 5) is 23.5. The minimum atomic E-state index is -2.18. The van der Waals surface area contributed by atoms with Crippen molar-refractivity contribution < 1.29 is 28.3 Å². The molecule has 0 aliphatic rings. The number of nitrogens with zero attached hydrogens (tertiary/aromatic N) is 6. The maximum atomic E-state index is 7.28. The summed E-state index contributed by atoms with van der Waals surface area (Å²) < 4.78 is 46.0. The van der Waals surface area contributed by atoms with Gasteiger partial charge < -0.3 is 9.38 Å². The van der Waals surface area contributed by atoms with Crippen LogP contribution < -0.4 is 0 Å². The smallest absolute Gasteiger partial charge is 0.164 e. The molecule has 6 aromatic carbocycles. The van der Waals surface area contributed by atoms with E-state index in [1.54, 1.807) is 12.1 Å². The molecule has 0 N–H and O–H groups in total. The van der Waals surface area contributed by atoms with Gasteiger partial charge in [0.1, 0.15) is 0 Å². The van der Waals surface area contributed by atoms with E-state index in [1.165, 1.54) is 46.1 Å². The van der Waals surface area contributed by atoms with Crippen LogP contribution in [0.5, 0.6) is 0 Å². The number of hydrogen-bond acceptors (Lipinski definition) is 5. The second-order valence-electron chi connectivity index (χ2n) is 13.6. The molecule has 5 aromatic heterocycles. The Morgan fingerprint density at radius 1 is 0.517 bits per heavy atom. The van der Waals surface area contributed by atoms with Crippen LogP contribution in [0.15, 0.2) is 170 Å². The third-order valence-corrected chi connectivity index (χ3v) is 9.96. The van der Waals surface area contributed by atoms with Crippen LogP contribution in [0.2, 0.25) is 0 Å². The van der Waals surface area contributed by atoms with Gasteiger partial charge in [-0.1, -0.05) is 144 Å². The molecule has 11 rings (SSSR count). The van der Waals surface area contributed by atoms with Crippen molar-refractivity contribution in [1.82, 2.24) is 29.3 Å². The number of para-hydroxylation sites is 1. The number of benzene rings is 6. The van der Waals surface area contributed by atoms with E-state index in [4.69, 9.17) is 23.2 Å². The third kappa shape index (κ3) is 6.81. The van der Waals surface area contributed by atoms with Gasteiger partial charge in [-0.15, -0.1) is 47.5 Å². The summed E-state index contributed by atoms with van der Waals surface area (Å²) in [7, 11) is 0. The molecule has 7 heteroatoms. The van der Waals surface area contributed by atoms with Crippen molar-refractivity contribution in [2.24, 2.45) is 0 Å². The molecule has 0 saturated heterocycles. The van der Waals surface area contributed by atoms with E-state index in [9.17, 15) is 0 Å². The molecule has 0 bridgehead atoms. The maximum Gasteiger partial charge on any atom is 0.164 e. The van der Waals surface area contributed by atoms with E-state index in [-0.39, 0.29) is 31.2 Å². The minimum absolute atomic E-state index is 0. The summed E-state index contributed by atoms with van der Waals surface area (Å²) in [6, 6.07) is 57.6. The van der Waals surface area contributed by atoms with E-state index in [1.807, 2.05) is 85.1 Å². The Hall–Kier alpha value is -6.92. The molecule has 1 radical (unpaired) electrons. The van der Waals surface area contributed by atoms with Crippen LogP contribution in [-0.2, 0) is 20.1 Å². The summed E-state index contributed by atoms with van der Waals surface area (Å²) in [5.74, 6) is 1.94. The molecular weight excluding hydrogens is 889 g/mol. The molecule has 0 unspecified atom stereocenters. The molecule has 11 aromatic rings. The first-order valence-corrected chi connectivity index (χ1v) is 18.4. The molecule has 5 heterocycles. The third-order valence-electron chi connectivity index (χ3n) is 9.96. The Morgan fingerprint density at radius 3 is 1.84 bits per heavy atom. The number of fused-ring (bicyclic) bond motifs is 6. The second kappa shape index (κ2) is 15.5. The van der Waals surface area contributed by atoms with Gasteiger partial charge in [-0.25, -0.2) is 15.0 Å². The fourth-order valence-electron chi connectivity index (χ4n) is 7.28. The van der Waals surface area contributed by atoms with E-state index in [0.717, 1.165) is 44.4 Å². The number of aromatic nitrogens is 6. The molecule has 58 heavy (non-hydrogen) atoms. The van der Waals surface area contributed by atoms with Gasteiger partial charge in [0.05, 0.1) is 0 Å². The zero-order valence-electron chi connectivity index (χ0n) is 36.7. The van der Waals surface area contributed by atoms with Gasteiger partial charge in [-0.05, 0) is 47.2 Å². The Morgan fingerprint density at radius 2 is 1.19 bits per heavy atom. The molecule has 0 aliphatic carbocycles. The summed E-state index contributed by atoms with van der Waals surface area (Å²) >= 11 is 0. The summed E-state index contributed by atoms with van der Waals surface area (Å²) in [5, 5.41) is 4.62. The first-order valence-electron chi connectivity index (χ1n) is 21.4. The van der Waals surface area contributed by atoms with Gasteiger partial charge in [0.25, 0.3) is 0 Å². The van der Waals surface area contributed by atoms with Gasteiger partial charge in [-0.2, -0.15) is 0 Å². The van der Waals surface area contributed by atoms with Crippen molar-refractivity contribution >= 4 is 38.1 Å². The largest absolute Gasteiger partial charge is 0.348 e. The van der Waals surface area contributed by atoms with E-state index >= 15 is 0 Å². The minimum Gasteiger partial charge on any atom is -0.348 e. The Kier molecular flexibility index (Phi) is 8.11. The fourth-order valence-corrected chi connectivity index (χ4v) is 7.28. The van der Waals surface area contributed by atoms with Crippen LogP contribution in [0.4, 0.5) is 0 Å². The molecule has 279 valence electrons. The second-order valence-corrected chi connectivity index (χ2v) is 13.6. The van der Waals surface area contributed by atoms with Crippen LogP contribution in [0.3, 0.4) is 0 Å². The quantitative estimate of drug-likeness (QED) is 0.161. The van der Waals surface area contributed by atoms with E-state index in [2.05, 4.69) is 75.0 Å². The van der Waals surface area contributed by atoms with Gasteiger partial charge in [0.15, 0.2) is 17.5 Å². The first-order chi connectivity index (χ1) is 30.5. The molecule has 0 saturated carbocycles. The van der Waals surface area contributed by atoms with Crippen LogP contribution in [0.25, 0.3) is 94.8 Å². The predicted molar refractivity (Wildman–Crippen MR) is 231 cm³/mol. The summed E-state index contributed by atoms with van der Waals surface area (Å²) in [6.45, 7) is -4.34. The number of pyridine rings is 2. The molecule has 0 amide bonds. The van der Waals surface area contributed by atoms with E-state index in [0.29, 0.717) is 28.7 Å². The van der Waals surface area contributed by atoms with Crippen molar-refractivity contribution in [3.63, 3.8) is 0 Å². The van der Waals surface area contributed by atoms with Gasteiger partial charge in [0, 0.05) is 74.1 Å². The standard InChI is InChI=1S/C38H22N5.C13H12N.Ir/c1-3-11-24(12-4-1)36-40-37(25-13-5-2-6-14-25)42-38(41-36)26-18-19-29-31-22-27(32-16-9-10-20-39-32)21-30-28-15-7-8-17-33(28)43(35(30)31)34(29)23-26;1-10-3-6-12(7-4-10)13-8-5-11(2)9-14-13;/h1-20,22-23H;3-6,8-9H,1-2H3;/q2*-1;/i;1D3,2D3;. The maximum absolute atomic E-state index is 7.28. The molecule has 0 aliphatic heterocycles. The monoisotopic (exact) mass is 929 g/mol. The van der Waals surface area contributed by atoms with Gasteiger partial charge in [-0.3, -0.25) is 4.98 Å². The number of rotatable bonds is 5. The van der Waals surface area contributed by atoms with Crippen LogP contribution in [-0.4, -0.2) is 29.3 Å².